The minimum atomic E-state index is -3.90. The van der Waals surface area contributed by atoms with Crippen LogP contribution < -0.4 is 15.2 Å². The molecule has 166 valence electrons. The van der Waals surface area contributed by atoms with E-state index in [1.807, 2.05) is 24.3 Å². The Morgan fingerprint density at radius 3 is 2.61 bits per heavy atom. The molecule has 1 aliphatic carbocycles. The lowest BCUT2D eigenvalue weighted by Gasteiger charge is -2.48. The number of amides is 1. The maximum absolute atomic E-state index is 13.6. The topological polar surface area (TPSA) is 115 Å². The minimum absolute atomic E-state index is 0.0231. The van der Waals surface area contributed by atoms with Crippen LogP contribution in [0.25, 0.3) is 0 Å². The van der Waals surface area contributed by atoms with Crippen LogP contribution >= 0.6 is 11.6 Å². The summed E-state index contributed by atoms with van der Waals surface area (Å²) >= 11 is 5.93. The van der Waals surface area contributed by atoms with Crippen LogP contribution in [0.4, 0.5) is 5.69 Å². The third-order valence-corrected chi connectivity index (χ3v) is 7.44. The van der Waals surface area contributed by atoms with E-state index in [1.165, 1.54) is 19.4 Å². The Labute approximate surface area is 186 Å². The van der Waals surface area contributed by atoms with Crippen molar-refractivity contribution >= 4 is 33.4 Å². The second-order valence-electron chi connectivity index (χ2n) is 8.13. The third kappa shape index (κ3) is 4.15. The number of nitrogens with two attached hydrogens (primary N) is 1. The summed E-state index contributed by atoms with van der Waals surface area (Å²) in [5, 5.41) is 8.45. The summed E-state index contributed by atoms with van der Waals surface area (Å²) in [6.07, 6.45) is 5.83. The summed E-state index contributed by atoms with van der Waals surface area (Å²) in [6.45, 7) is -0.0462. The first-order valence-electron chi connectivity index (χ1n) is 10.1. The molecule has 1 amide bonds. The molecule has 31 heavy (non-hydrogen) atoms. The molecule has 0 bridgehead atoms. The predicted molar refractivity (Wildman–Crippen MR) is 118 cm³/mol. The molecular weight excluding hydrogens is 440 g/mol. The van der Waals surface area contributed by atoms with Crippen molar-refractivity contribution in [1.82, 2.24) is 9.29 Å². The number of nitrogens with zero attached hydrogens (tertiary/aromatic N) is 2. The normalized spacial score (nSPS) is 19.1. The molecule has 2 aromatic rings. The SMILES string of the molecule is COc1cc(Cl)ncc1NC(=O)C1(c2ccccc2C2CCCC2)CN(S(N)(=O)=O)C1. The average Bonchev–Trinajstić information content (AvgIpc) is 3.22. The number of hydrogen-bond donors (Lipinski definition) is 2. The van der Waals surface area contributed by atoms with Gasteiger partial charge in [-0.3, -0.25) is 4.79 Å². The monoisotopic (exact) mass is 464 g/mol. The summed E-state index contributed by atoms with van der Waals surface area (Å²) < 4.78 is 30.3. The smallest absolute Gasteiger partial charge is 0.276 e. The lowest BCUT2D eigenvalue weighted by molar-refractivity contribution is -0.125. The maximum Gasteiger partial charge on any atom is 0.276 e. The van der Waals surface area contributed by atoms with Crippen molar-refractivity contribution in [3.63, 3.8) is 0 Å². The molecular formula is C21H25ClN4O4S. The number of anilines is 1. The van der Waals surface area contributed by atoms with E-state index in [0.29, 0.717) is 17.4 Å². The highest BCUT2D eigenvalue weighted by Crippen LogP contribution is 2.44. The van der Waals surface area contributed by atoms with Crippen molar-refractivity contribution in [2.24, 2.45) is 5.14 Å². The molecule has 1 aliphatic heterocycles. The van der Waals surface area contributed by atoms with Crippen LogP contribution in [0.1, 0.15) is 42.7 Å². The second kappa shape index (κ2) is 8.38. The Hall–Kier alpha value is -2.20. The van der Waals surface area contributed by atoms with Gasteiger partial charge >= 0.3 is 0 Å². The van der Waals surface area contributed by atoms with Gasteiger partial charge in [0, 0.05) is 19.2 Å². The highest BCUT2D eigenvalue weighted by Gasteiger charge is 2.55. The number of carbonyl (C=O) groups is 1. The first-order valence-corrected chi connectivity index (χ1v) is 12.0. The molecule has 2 aliphatic rings. The fourth-order valence-electron chi connectivity index (χ4n) is 4.62. The van der Waals surface area contributed by atoms with Crippen LogP contribution in [0.3, 0.4) is 0 Å². The summed E-state index contributed by atoms with van der Waals surface area (Å²) in [6, 6.07) is 9.32. The first-order chi connectivity index (χ1) is 14.7. The number of benzene rings is 1. The number of carbonyl (C=O) groups excluding carboxylic acids is 1. The Balaban J connectivity index is 1.73. The van der Waals surface area contributed by atoms with Gasteiger partial charge in [-0.15, -0.1) is 0 Å². The Bertz CT molecular complexity index is 1100. The number of nitrogens with one attached hydrogen (secondary N) is 1. The molecule has 3 N–H and O–H groups in total. The van der Waals surface area contributed by atoms with Gasteiger partial charge in [0.25, 0.3) is 10.2 Å². The van der Waals surface area contributed by atoms with E-state index < -0.39 is 15.6 Å². The van der Waals surface area contributed by atoms with Crippen LogP contribution in [0, 0.1) is 0 Å². The van der Waals surface area contributed by atoms with E-state index in [-0.39, 0.29) is 24.1 Å². The zero-order valence-electron chi connectivity index (χ0n) is 17.2. The van der Waals surface area contributed by atoms with Gasteiger partial charge in [-0.2, -0.15) is 12.7 Å². The van der Waals surface area contributed by atoms with Gasteiger partial charge in [0.15, 0.2) is 0 Å². The number of methoxy groups -OCH3 is 1. The van der Waals surface area contributed by atoms with E-state index in [4.69, 9.17) is 21.5 Å². The van der Waals surface area contributed by atoms with E-state index in [1.54, 1.807) is 0 Å². The number of pyridine rings is 1. The van der Waals surface area contributed by atoms with Gasteiger partial charge in [-0.25, -0.2) is 10.1 Å². The molecule has 0 radical (unpaired) electrons. The summed E-state index contributed by atoms with van der Waals surface area (Å²) in [5.41, 5.74) is 1.25. The first kappa shape index (κ1) is 22.0. The molecule has 1 aromatic carbocycles. The minimum Gasteiger partial charge on any atom is -0.494 e. The number of aromatic nitrogens is 1. The molecule has 10 heteroatoms. The van der Waals surface area contributed by atoms with Crippen LogP contribution in [0.15, 0.2) is 36.5 Å². The van der Waals surface area contributed by atoms with Crippen molar-refractivity contribution in [2.45, 2.75) is 37.0 Å². The van der Waals surface area contributed by atoms with Crippen molar-refractivity contribution < 1.29 is 17.9 Å². The fourth-order valence-corrected chi connectivity index (χ4v) is 5.56. The third-order valence-electron chi connectivity index (χ3n) is 6.26. The van der Waals surface area contributed by atoms with Crippen molar-refractivity contribution in [3.05, 3.63) is 52.8 Å². The van der Waals surface area contributed by atoms with Crippen molar-refractivity contribution in [1.29, 1.82) is 0 Å². The molecule has 2 fully saturated rings. The lowest BCUT2D eigenvalue weighted by atomic mass is 9.70. The van der Waals surface area contributed by atoms with E-state index in [2.05, 4.69) is 10.3 Å². The molecule has 8 nitrogen and oxygen atoms in total. The van der Waals surface area contributed by atoms with Gasteiger partial charge in [-0.1, -0.05) is 48.7 Å². The predicted octanol–water partition coefficient (Wildman–Crippen LogP) is 2.80. The maximum atomic E-state index is 13.6. The standard InChI is InChI=1S/C21H25ClN4O4S/c1-30-18-10-19(22)24-11-17(18)25-20(27)21(12-26(13-21)31(23,28)29)16-9-5-4-8-15(16)14-6-2-3-7-14/h4-5,8-11,14H,2-3,6-7,12-13H2,1H3,(H,25,27)(H2,23,28,29). The number of halogens is 1. The molecule has 4 rings (SSSR count). The van der Waals surface area contributed by atoms with E-state index in [9.17, 15) is 13.2 Å². The summed E-state index contributed by atoms with van der Waals surface area (Å²) in [5.74, 6) is 0.395. The summed E-state index contributed by atoms with van der Waals surface area (Å²) in [4.78, 5) is 17.6. The van der Waals surface area contributed by atoms with Gasteiger partial charge in [0.2, 0.25) is 5.91 Å². The highest BCUT2D eigenvalue weighted by atomic mass is 35.5. The van der Waals surface area contributed by atoms with Gasteiger partial charge in [-0.05, 0) is 29.9 Å². The van der Waals surface area contributed by atoms with Crippen LogP contribution in [0.2, 0.25) is 5.15 Å². The largest absolute Gasteiger partial charge is 0.494 e. The van der Waals surface area contributed by atoms with Crippen molar-refractivity contribution in [3.8, 4) is 5.75 Å². The highest BCUT2D eigenvalue weighted by molar-refractivity contribution is 7.86. The number of hydrogen-bond acceptors (Lipinski definition) is 5. The van der Waals surface area contributed by atoms with Gasteiger partial charge in [0.1, 0.15) is 22.0 Å². The second-order valence-corrected chi connectivity index (χ2v) is 10.1. The Morgan fingerprint density at radius 2 is 1.97 bits per heavy atom. The van der Waals surface area contributed by atoms with Gasteiger partial charge < -0.3 is 10.1 Å². The number of rotatable bonds is 6. The van der Waals surface area contributed by atoms with Crippen LogP contribution in [-0.2, 0) is 20.4 Å². The van der Waals surface area contributed by atoms with Crippen LogP contribution in [0.5, 0.6) is 5.75 Å². The number of ether oxygens (including phenoxy) is 1. The quantitative estimate of drug-likeness (QED) is 0.638. The summed E-state index contributed by atoms with van der Waals surface area (Å²) in [7, 11) is -2.43. The van der Waals surface area contributed by atoms with Crippen molar-refractivity contribution in [2.75, 3.05) is 25.5 Å². The molecule has 2 heterocycles. The molecule has 0 atom stereocenters. The zero-order chi connectivity index (χ0) is 22.2. The molecule has 0 spiro atoms. The van der Waals surface area contributed by atoms with Gasteiger partial charge in [0.05, 0.1) is 13.3 Å². The van der Waals surface area contributed by atoms with Crippen LogP contribution in [-0.4, -0.2) is 43.8 Å². The fraction of sp³-hybridized carbons (Fsp3) is 0.429. The molecule has 0 unspecified atom stereocenters. The molecule has 1 aromatic heterocycles. The average molecular weight is 465 g/mol. The zero-order valence-corrected chi connectivity index (χ0v) is 18.7. The Morgan fingerprint density at radius 1 is 1.29 bits per heavy atom. The van der Waals surface area contributed by atoms with E-state index in [0.717, 1.165) is 41.1 Å². The van der Waals surface area contributed by atoms with E-state index >= 15 is 0 Å². The molecule has 1 saturated heterocycles. The lowest BCUT2D eigenvalue weighted by Crippen LogP contribution is -2.67. The Kier molecular flexibility index (Phi) is 5.95. The molecule has 1 saturated carbocycles.